The Kier molecular flexibility index (Phi) is 45.0. The molecule has 6 aromatic rings. The van der Waals surface area contributed by atoms with Gasteiger partial charge in [-0.15, -0.1) is 12.4 Å². The number of nitrogens with zero attached hydrogens (tertiary/aromatic N) is 9. The molecule has 9 N–H and O–H groups in total. The highest BCUT2D eigenvalue weighted by Gasteiger charge is 2.19. The summed E-state index contributed by atoms with van der Waals surface area (Å²) >= 11 is 0. The van der Waals surface area contributed by atoms with Crippen molar-refractivity contribution in [3.8, 4) is 0 Å². The Labute approximate surface area is 604 Å². The molecule has 6 rings (SSSR count). The number of nitrogens with two attached hydrogens (primary N) is 2. The van der Waals surface area contributed by atoms with E-state index in [1.54, 1.807) is 79.5 Å². The van der Waals surface area contributed by atoms with Crippen LogP contribution in [0.1, 0.15) is 262 Å². The standard InChI is InChI=1S/C16H26N2O3.C16H24N2O3.C11H14N4O.C11H18N2O.C11H16N2O.C11H15NO2.ClH/c2*1-11(2)8-14(19)13-7-6-12(9-17-13)10-18-15(20)21-16(3,4)5;1-8(2)5-11(16)10-4-3-9(6-13-10)7-14-15-12;2*1-8(2)5-11(14)10-4-3-9(6-12)7-13-10;1-8(2)5-11(14)10-4-3-9(7-13)6-12-10;/h6-7,9,11,14,19H,8,10H2,1-5H3,(H,18,20);6-7,9,11H,8,10H2,1-5H3,(H,18,20);3-4,6,8H,5,7H2,1-2H3;3-4,7-8,11,14H,5-6,12H2,1-2H3;3-4,7-8H,5-6,12H2,1-2H3;3-4,6,8,13H,5,7H2,1-2H3;1H. The van der Waals surface area contributed by atoms with E-state index in [0.29, 0.717) is 122 Å². The number of hydrogen-bond acceptors (Lipinski definition) is 20. The van der Waals surface area contributed by atoms with Crippen LogP contribution in [0.5, 0.6) is 0 Å². The van der Waals surface area contributed by atoms with Crippen LogP contribution in [0.2, 0.25) is 0 Å². The highest BCUT2D eigenvalue weighted by molar-refractivity contribution is 5.95. The molecule has 2 atom stereocenters. The molecule has 6 aromatic heterocycles. The van der Waals surface area contributed by atoms with Gasteiger partial charge in [0.2, 0.25) is 0 Å². The van der Waals surface area contributed by atoms with Crippen molar-refractivity contribution in [1.29, 1.82) is 0 Å². The SMILES string of the molecule is CC(C)CC(=O)c1ccc(CN)cn1.CC(C)CC(=O)c1ccc(CN=[N+]=[N-])cn1.CC(C)CC(=O)c1ccc(CNC(=O)OC(C)(C)C)cn1.CC(C)CC(=O)c1ccc(CO)cn1.CC(C)CC(O)c1ccc(CN)cn1.CC(C)CC(O)c1ccc(CNC(=O)OC(C)(C)C)cn1.Cl. The van der Waals surface area contributed by atoms with Gasteiger partial charge in [0.1, 0.15) is 34.0 Å². The molecule has 2 unspecified atom stereocenters. The van der Waals surface area contributed by atoms with Gasteiger partial charge in [-0.1, -0.05) is 125 Å². The van der Waals surface area contributed by atoms with E-state index in [1.807, 2.05) is 121 Å². The van der Waals surface area contributed by atoms with E-state index in [-0.39, 0.29) is 48.7 Å². The zero-order valence-corrected chi connectivity index (χ0v) is 63.5. The molecule has 24 nitrogen and oxygen atoms in total. The van der Waals surface area contributed by atoms with Crippen LogP contribution in [-0.4, -0.2) is 91.7 Å². The van der Waals surface area contributed by atoms with Crippen molar-refractivity contribution in [3.05, 3.63) is 188 Å². The van der Waals surface area contributed by atoms with Gasteiger partial charge in [0.25, 0.3) is 0 Å². The van der Waals surface area contributed by atoms with Crippen molar-refractivity contribution in [1.82, 2.24) is 40.5 Å². The predicted octanol–water partition coefficient (Wildman–Crippen LogP) is 15.3. The summed E-state index contributed by atoms with van der Waals surface area (Å²) < 4.78 is 10.3. The maximum absolute atomic E-state index is 11.8. The summed E-state index contributed by atoms with van der Waals surface area (Å²) in [5, 5.41) is 37.3. The molecule has 25 heteroatoms. The number of carbonyl (C=O) groups is 6. The number of alkyl carbamates (subject to hydrolysis) is 2. The van der Waals surface area contributed by atoms with Gasteiger partial charge in [-0.3, -0.25) is 49.1 Å². The van der Waals surface area contributed by atoms with Crippen molar-refractivity contribution in [2.75, 3.05) is 0 Å². The minimum atomic E-state index is -0.544. The first-order chi connectivity index (χ1) is 46.9. The molecule has 0 saturated heterocycles. The van der Waals surface area contributed by atoms with Crippen molar-refractivity contribution in [2.24, 2.45) is 52.1 Å². The molecule has 0 radical (unpaired) electrons. The zero-order valence-electron chi connectivity index (χ0n) is 62.7. The lowest BCUT2D eigenvalue weighted by Crippen LogP contribution is -2.32. The van der Waals surface area contributed by atoms with Crippen molar-refractivity contribution in [2.45, 2.75) is 226 Å². The number of halogens is 1. The molecule has 0 bridgehead atoms. The number of aromatic nitrogens is 6. The molecule has 6 heterocycles. The molecule has 0 saturated carbocycles. The Hall–Kier alpha value is -8.48. The van der Waals surface area contributed by atoms with E-state index in [4.69, 9.17) is 31.6 Å². The molecule has 0 aliphatic carbocycles. The highest BCUT2D eigenvalue weighted by Crippen LogP contribution is 2.21. The number of hydrogen-bond donors (Lipinski definition) is 7. The van der Waals surface area contributed by atoms with Crippen LogP contribution in [-0.2, 0) is 48.8 Å². The molecule has 2 amide bonds. The zero-order chi connectivity index (χ0) is 75.7. The van der Waals surface area contributed by atoms with Crippen LogP contribution in [0.25, 0.3) is 10.4 Å². The number of amides is 2. The molecule has 556 valence electrons. The lowest BCUT2D eigenvalue weighted by Gasteiger charge is -2.19. The van der Waals surface area contributed by atoms with Crippen LogP contribution in [0.3, 0.4) is 0 Å². The molecular formula is C76H114ClN13O11. The predicted molar refractivity (Wildman–Crippen MR) is 397 cm³/mol. The lowest BCUT2D eigenvalue weighted by molar-refractivity contribution is 0.0512. The number of aliphatic hydroxyl groups excluding tert-OH is 3. The monoisotopic (exact) mass is 1420 g/mol. The molecular weight excluding hydrogens is 1310 g/mol. The average Bonchev–Trinajstić information content (AvgIpc) is 0.945. The minimum Gasteiger partial charge on any atom is -0.444 e. The van der Waals surface area contributed by atoms with E-state index in [9.17, 15) is 39.0 Å². The first kappa shape index (κ1) is 92.5. The van der Waals surface area contributed by atoms with Gasteiger partial charge in [-0.05, 0) is 165 Å². The van der Waals surface area contributed by atoms with Crippen molar-refractivity contribution < 1.29 is 53.6 Å². The Morgan fingerprint density at radius 1 is 0.446 bits per heavy atom. The summed E-state index contributed by atoms with van der Waals surface area (Å²) in [6, 6.07) is 21.3. The minimum absolute atomic E-state index is 0. The second kappa shape index (κ2) is 49.2. The molecule has 0 spiro atoms. The molecule has 0 fully saturated rings. The van der Waals surface area contributed by atoms with Gasteiger partial charge in [0, 0.05) is 94.0 Å². The summed E-state index contributed by atoms with van der Waals surface area (Å²) in [6.45, 7) is 37.0. The van der Waals surface area contributed by atoms with E-state index in [0.717, 1.165) is 45.5 Å². The fourth-order valence-electron chi connectivity index (χ4n) is 8.39. The summed E-state index contributed by atoms with van der Waals surface area (Å²) in [7, 11) is 0. The average molecular weight is 1420 g/mol. The summed E-state index contributed by atoms with van der Waals surface area (Å²) in [5.74, 6) is 2.50. The van der Waals surface area contributed by atoms with E-state index in [2.05, 4.69) is 78.3 Å². The van der Waals surface area contributed by atoms with Gasteiger partial charge in [0.15, 0.2) is 23.1 Å². The van der Waals surface area contributed by atoms with Gasteiger partial charge < -0.3 is 46.9 Å². The third kappa shape index (κ3) is 43.7. The normalized spacial score (nSPS) is 11.4. The Morgan fingerprint density at radius 2 is 0.723 bits per heavy atom. The number of nitrogens with one attached hydrogen (secondary N) is 2. The number of Topliss-reactive ketones (excluding diaryl/α,β-unsaturated/α-hetero) is 4. The lowest BCUT2D eigenvalue weighted by atomic mass is 10.0. The van der Waals surface area contributed by atoms with Gasteiger partial charge in [0.05, 0.1) is 36.7 Å². The van der Waals surface area contributed by atoms with E-state index in [1.165, 1.54) is 6.20 Å². The fourth-order valence-corrected chi connectivity index (χ4v) is 8.39. The van der Waals surface area contributed by atoms with E-state index < -0.39 is 35.6 Å². The summed E-state index contributed by atoms with van der Waals surface area (Å²) in [5.41, 5.74) is 26.5. The topological polar surface area (TPSA) is 384 Å². The largest absolute Gasteiger partial charge is 0.444 e. The van der Waals surface area contributed by atoms with Crippen molar-refractivity contribution in [3.63, 3.8) is 0 Å². The molecule has 0 aromatic carbocycles. The van der Waals surface area contributed by atoms with E-state index >= 15 is 0 Å². The second-order valence-electron chi connectivity index (χ2n) is 28.4. The Bertz CT molecular complexity index is 3320. The number of ether oxygens (including phenoxy) is 2. The summed E-state index contributed by atoms with van der Waals surface area (Å²) in [4.78, 5) is 97.0. The van der Waals surface area contributed by atoms with Gasteiger partial charge in [-0.2, -0.15) is 0 Å². The number of ketones is 4. The maximum atomic E-state index is 11.8. The highest BCUT2D eigenvalue weighted by atomic mass is 35.5. The van der Waals surface area contributed by atoms with Crippen LogP contribution in [0, 0.1) is 35.5 Å². The van der Waals surface area contributed by atoms with Gasteiger partial charge in [-0.25, -0.2) is 9.59 Å². The number of rotatable bonds is 27. The Morgan fingerprint density at radius 3 is 0.960 bits per heavy atom. The number of azide groups is 1. The van der Waals surface area contributed by atoms with Crippen LogP contribution < -0.4 is 22.1 Å². The third-order valence-corrected chi connectivity index (χ3v) is 13.2. The molecule has 0 aliphatic heterocycles. The summed E-state index contributed by atoms with van der Waals surface area (Å²) in [6.07, 6.45) is 11.3. The molecule has 0 aliphatic rings. The van der Waals surface area contributed by atoms with Crippen LogP contribution in [0.15, 0.2) is 115 Å². The maximum Gasteiger partial charge on any atom is 0.407 e. The first-order valence-corrected chi connectivity index (χ1v) is 34.0. The fraction of sp³-hybridized carbons (Fsp3) is 0.526. The van der Waals surface area contributed by atoms with Crippen molar-refractivity contribution >= 4 is 47.7 Å². The smallest absolute Gasteiger partial charge is 0.407 e. The van der Waals surface area contributed by atoms with Gasteiger partial charge >= 0.3 is 12.2 Å². The Balaban J connectivity index is 0.00000120. The quantitative estimate of drug-likeness (QED) is 0.0109. The first-order valence-electron chi connectivity index (χ1n) is 34.0. The van der Waals surface area contributed by atoms with Crippen LogP contribution in [0.4, 0.5) is 9.59 Å². The number of aliphatic hydroxyl groups is 3. The molecule has 101 heavy (non-hydrogen) atoms. The third-order valence-electron chi connectivity index (χ3n) is 13.2. The number of carbonyl (C=O) groups excluding carboxylic acids is 6. The second-order valence-corrected chi connectivity index (χ2v) is 28.4. The number of pyridine rings is 6. The van der Waals surface area contributed by atoms with Crippen LogP contribution >= 0.6 is 12.4 Å².